The number of nitrogens with one attached hydrogen (secondary N) is 1. The largest absolute Gasteiger partial charge is 0.446 e. The number of alkyl halides is 6. The van der Waals surface area contributed by atoms with Crippen molar-refractivity contribution < 1.29 is 49.4 Å². The van der Waals surface area contributed by atoms with Crippen molar-refractivity contribution >= 4 is 17.7 Å². The summed E-state index contributed by atoms with van der Waals surface area (Å²) in [5.74, 6) is -2.94. The number of carbonyl (C=O) groups excluding carboxylic acids is 2. The summed E-state index contributed by atoms with van der Waals surface area (Å²) in [6.07, 6.45) is -12.0. The van der Waals surface area contributed by atoms with E-state index in [1.165, 1.54) is 4.90 Å². The highest BCUT2D eigenvalue weighted by Crippen LogP contribution is 2.37. The Kier molecular flexibility index (Phi) is 8.55. The van der Waals surface area contributed by atoms with Crippen LogP contribution in [0.3, 0.4) is 0 Å². The highest BCUT2D eigenvalue weighted by Gasteiger charge is 2.39. The summed E-state index contributed by atoms with van der Waals surface area (Å²) < 4.78 is 113. The zero-order valence-electron chi connectivity index (χ0n) is 21.0. The van der Waals surface area contributed by atoms with Gasteiger partial charge in [-0.2, -0.15) is 26.3 Å². The molecule has 2 unspecified atom stereocenters. The van der Waals surface area contributed by atoms with Crippen LogP contribution in [-0.4, -0.2) is 35.6 Å². The van der Waals surface area contributed by atoms with Crippen LogP contribution in [0.1, 0.15) is 39.9 Å². The van der Waals surface area contributed by atoms with Gasteiger partial charge in [-0.15, -0.1) is 0 Å². The maximum Gasteiger partial charge on any atom is 0.416 e. The summed E-state index contributed by atoms with van der Waals surface area (Å²) in [7, 11) is 0. The maximum absolute atomic E-state index is 13.9. The van der Waals surface area contributed by atoms with Gasteiger partial charge in [-0.25, -0.2) is 13.6 Å². The van der Waals surface area contributed by atoms with Crippen LogP contribution in [0.2, 0.25) is 0 Å². The minimum atomic E-state index is -5.13. The number of hydrogen-bond donors (Lipinski definition) is 1. The van der Waals surface area contributed by atoms with Crippen molar-refractivity contribution in [3.05, 3.63) is 101 Å². The lowest BCUT2D eigenvalue weighted by Gasteiger charge is -2.39. The number of likely N-dealkylation sites (tertiary alicyclic amines) is 1. The number of nitrogens with zero attached hydrogens (tertiary/aromatic N) is 1. The molecule has 2 amide bonds. The molecule has 0 aliphatic carbocycles. The highest BCUT2D eigenvalue weighted by molar-refractivity contribution is 5.95. The minimum Gasteiger partial charge on any atom is -0.446 e. The first kappa shape index (κ1) is 29.8. The van der Waals surface area contributed by atoms with E-state index in [-0.39, 0.29) is 37.6 Å². The Morgan fingerprint density at radius 1 is 0.878 bits per heavy atom. The molecule has 218 valence electrons. The fourth-order valence-electron chi connectivity index (χ4n) is 4.59. The fraction of sp³-hybridized carbons (Fsp3) is 0.286. The van der Waals surface area contributed by atoms with Crippen LogP contribution in [0, 0.1) is 11.6 Å². The number of amides is 2. The van der Waals surface area contributed by atoms with Gasteiger partial charge in [0, 0.05) is 37.1 Å². The second-order valence-corrected chi connectivity index (χ2v) is 9.44. The van der Waals surface area contributed by atoms with Crippen LogP contribution in [-0.2, 0) is 23.5 Å². The third-order valence-corrected chi connectivity index (χ3v) is 6.52. The second-order valence-electron chi connectivity index (χ2n) is 9.44. The molecule has 1 N–H and O–H groups in total. The van der Waals surface area contributed by atoms with Gasteiger partial charge >= 0.3 is 18.4 Å². The zero-order valence-corrected chi connectivity index (χ0v) is 21.0. The Morgan fingerprint density at radius 3 is 2.10 bits per heavy atom. The molecule has 5 nitrogen and oxygen atoms in total. The summed E-state index contributed by atoms with van der Waals surface area (Å²) in [6.45, 7) is -0.156. The number of piperidine rings is 1. The quantitative estimate of drug-likeness (QED) is 0.316. The molecule has 0 saturated carbocycles. The molecule has 3 aromatic rings. The summed E-state index contributed by atoms with van der Waals surface area (Å²) in [4.78, 5) is 27.0. The molecule has 1 heterocycles. The first-order valence-electron chi connectivity index (χ1n) is 12.3. The fourth-order valence-corrected chi connectivity index (χ4v) is 4.59. The van der Waals surface area contributed by atoms with Crippen LogP contribution in [0.5, 0.6) is 0 Å². The third kappa shape index (κ3) is 7.53. The topological polar surface area (TPSA) is 58.6 Å². The normalized spacial score (nSPS) is 17.7. The molecule has 3 aromatic carbocycles. The second kappa shape index (κ2) is 11.8. The van der Waals surface area contributed by atoms with Gasteiger partial charge in [-0.05, 0) is 42.3 Å². The Bertz CT molecular complexity index is 1380. The van der Waals surface area contributed by atoms with Gasteiger partial charge in [0.05, 0.1) is 16.8 Å². The average Bonchev–Trinajstić information content (AvgIpc) is 2.89. The van der Waals surface area contributed by atoms with Crippen molar-refractivity contribution in [2.75, 3.05) is 11.9 Å². The molecule has 41 heavy (non-hydrogen) atoms. The summed E-state index contributed by atoms with van der Waals surface area (Å²) in [5, 5.41) is 2.15. The maximum atomic E-state index is 13.9. The molecule has 4 rings (SSSR count). The number of rotatable bonds is 5. The number of hydrogen-bond acceptors (Lipinski definition) is 3. The number of ether oxygens (including phenoxy) is 1. The summed E-state index contributed by atoms with van der Waals surface area (Å²) >= 11 is 0. The lowest BCUT2D eigenvalue weighted by molar-refractivity contribution is -0.143. The van der Waals surface area contributed by atoms with Crippen molar-refractivity contribution in [1.82, 2.24) is 4.90 Å². The number of halogens is 8. The molecular formula is C28H22F8N2O3. The molecule has 2 atom stereocenters. The van der Waals surface area contributed by atoms with Gasteiger partial charge in [0.1, 0.15) is 17.7 Å². The third-order valence-electron chi connectivity index (χ3n) is 6.52. The van der Waals surface area contributed by atoms with E-state index in [9.17, 15) is 44.7 Å². The van der Waals surface area contributed by atoms with Gasteiger partial charge in [0.2, 0.25) is 0 Å². The van der Waals surface area contributed by atoms with Crippen LogP contribution in [0.25, 0.3) is 0 Å². The van der Waals surface area contributed by atoms with Gasteiger partial charge in [-0.3, -0.25) is 10.1 Å². The predicted molar refractivity (Wildman–Crippen MR) is 131 cm³/mol. The Labute approximate surface area is 228 Å². The van der Waals surface area contributed by atoms with Crippen LogP contribution >= 0.6 is 0 Å². The standard InChI is InChI=1S/C28H22F8N2O3/c29-20-6-7-24(23(30)14-20)37-26(40)41-22-8-9-38(21(15-22)10-16-4-2-1-3-5-16)25(39)17-11-18(27(31,32)33)13-19(12-17)28(34,35)36/h1-7,11-14,21-22H,8-10,15H2,(H,37,40). The van der Waals surface area contributed by atoms with Crippen LogP contribution in [0.4, 0.5) is 45.6 Å². The molecule has 0 radical (unpaired) electrons. The first-order chi connectivity index (χ1) is 19.2. The summed E-state index contributed by atoms with van der Waals surface area (Å²) in [6, 6.07) is 11.0. The first-order valence-corrected chi connectivity index (χ1v) is 12.3. The van der Waals surface area contributed by atoms with E-state index in [4.69, 9.17) is 4.74 Å². The average molecular weight is 586 g/mol. The van der Waals surface area contributed by atoms with E-state index in [2.05, 4.69) is 5.32 Å². The highest BCUT2D eigenvalue weighted by atomic mass is 19.4. The van der Waals surface area contributed by atoms with Crippen molar-refractivity contribution in [3.63, 3.8) is 0 Å². The van der Waals surface area contributed by atoms with E-state index in [0.717, 1.165) is 12.1 Å². The van der Waals surface area contributed by atoms with E-state index in [1.807, 2.05) is 0 Å². The van der Waals surface area contributed by atoms with E-state index in [0.29, 0.717) is 23.8 Å². The molecule has 13 heteroatoms. The lowest BCUT2D eigenvalue weighted by Crippen LogP contribution is -2.49. The lowest BCUT2D eigenvalue weighted by atomic mass is 9.92. The van der Waals surface area contributed by atoms with E-state index >= 15 is 0 Å². The van der Waals surface area contributed by atoms with Crippen molar-refractivity contribution in [2.45, 2.75) is 43.8 Å². The van der Waals surface area contributed by atoms with Crippen LogP contribution in [0.15, 0.2) is 66.7 Å². The smallest absolute Gasteiger partial charge is 0.416 e. The molecule has 0 spiro atoms. The summed E-state index contributed by atoms with van der Waals surface area (Å²) in [5.41, 5.74) is -3.63. The zero-order chi connectivity index (χ0) is 29.9. The molecular weight excluding hydrogens is 564 g/mol. The molecule has 1 fully saturated rings. The molecule has 1 aliphatic heterocycles. The SMILES string of the molecule is O=C(Nc1ccc(F)cc1F)OC1CCN(C(=O)c2cc(C(F)(F)F)cc(C(F)(F)F)c2)C(Cc2ccccc2)C1. The molecule has 0 aromatic heterocycles. The van der Waals surface area contributed by atoms with Gasteiger partial charge in [0.15, 0.2) is 0 Å². The minimum absolute atomic E-state index is 0.00143. The Morgan fingerprint density at radius 2 is 1.51 bits per heavy atom. The van der Waals surface area contributed by atoms with Crippen molar-refractivity contribution in [1.29, 1.82) is 0 Å². The van der Waals surface area contributed by atoms with Gasteiger partial charge in [0.25, 0.3) is 5.91 Å². The van der Waals surface area contributed by atoms with E-state index < -0.39 is 64.8 Å². The van der Waals surface area contributed by atoms with Crippen molar-refractivity contribution in [3.8, 4) is 0 Å². The number of carbonyl (C=O) groups is 2. The molecule has 0 bridgehead atoms. The predicted octanol–water partition coefficient (Wildman–Crippen LogP) is 7.47. The number of benzene rings is 3. The monoisotopic (exact) mass is 586 g/mol. The number of anilines is 1. The van der Waals surface area contributed by atoms with Gasteiger partial charge < -0.3 is 9.64 Å². The van der Waals surface area contributed by atoms with Gasteiger partial charge in [-0.1, -0.05) is 30.3 Å². The van der Waals surface area contributed by atoms with Crippen LogP contribution < -0.4 is 5.32 Å². The Hall–Kier alpha value is -4.16. The van der Waals surface area contributed by atoms with Crippen molar-refractivity contribution in [2.24, 2.45) is 0 Å². The van der Waals surface area contributed by atoms with E-state index in [1.54, 1.807) is 30.3 Å². The Balaban J connectivity index is 1.57. The molecule has 1 saturated heterocycles. The molecule has 1 aliphatic rings.